The minimum absolute atomic E-state index is 0.758. The molecule has 0 N–H and O–H groups in total. The molecule has 2 rings (SSSR count). The first-order valence-electron chi connectivity index (χ1n) is 4.06. The lowest BCUT2D eigenvalue weighted by Gasteiger charge is -1.99. The summed E-state index contributed by atoms with van der Waals surface area (Å²) in [6.45, 7) is 3.90. The first-order chi connectivity index (χ1) is 6.25. The second-order valence-corrected chi connectivity index (χ2v) is 2.98. The lowest BCUT2D eigenvalue weighted by atomic mass is 10.4. The van der Waals surface area contributed by atoms with Gasteiger partial charge >= 0.3 is 0 Å². The van der Waals surface area contributed by atoms with Gasteiger partial charge in [0.05, 0.1) is 18.1 Å². The molecule has 0 radical (unpaired) electrons. The Morgan fingerprint density at radius 1 is 1.15 bits per heavy atom. The molecule has 2 aromatic heterocycles. The maximum absolute atomic E-state index is 4.29. The summed E-state index contributed by atoms with van der Waals surface area (Å²) in [5, 5.41) is 4.14. The van der Waals surface area contributed by atoms with Gasteiger partial charge in [-0.05, 0) is 19.4 Å². The molecule has 0 aliphatic rings. The molecule has 0 fully saturated rings. The third-order valence-corrected chi connectivity index (χ3v) is 1.69. The smallest absolute Gasteiger partial charge is 0.172 e. The van der Waals surface area contributed by atoms with Crippen LogP contribution in [0.1, 0.15) is 11.3 Å². The molecule has 0 aliphatic carbocycles. The van der Waals surface area contributed by atoms with Crippen LogP contribution in [0.5, 0.6) is 0 Å². The average Bonchev–Trinajstić information content (AvgIpc) is 2.52. The number of aromatic nitrogens is 4. The summed E-state index contributed by atoms with van der Waals surface area (Å²) in [7, 11) is 0. The molecule has 4 nitrogen and oxygen atoms in total. The fourth-order valence-electron chi connectivity index (χ4n) is 1.10. The van der Waals surface area contributed by atoms with E-state index in [4.69, 9.17) is 0 Å². The predicted octanol–water partition coefficient (Wildman–Crippen LogP) is 1.28. The lowest BCUT2D eigenvalue weighted by molar-refractivity contribution is 0.830. The highest BCUT2D eigenvalue weighted by Gasteiger charge is 1.99. The van der Waals surface area contributed by atoms with E-state index in [-0.39, 0.29) is 0 Å². The third-order valence-electron chi connectivity index (χ3n) is 1.69. The summed E-state index contributed by atoms with van der Waals surface area (Å²) in [6, 6.07) is 0. The monoisotopic (exact) mass is 174 g/mol. The highest BCUT2D eigenvalue weighted by atomic mass is 15.3. The van der Waals surface area contributed by atoms with Gasteiger partial charge in [-0.1, -0.05) is 0 Å². The Balaban J connectivity index is 2.46. The van der Waals surface area contributed by atoms with Crippen molar-refractivity contribution in [1.29, 1.82) is 0 Å². The second-order valence-electron chi connectivity index (χ2n) is 2.98. The Labute approximate surface area is 76.3 Å². The topological polar surface area (TPSA) is 43.6 Å². The standard InChI is InChI=1S/C9H10N4/c1-7-3-11-13(6-7)9-5-10-4-8(2)12-9/h3-6H,1-2H3. The number of hydrogen-bond donors (Lipinski definition) is 0. The van der Waals surface area contributed by atoms with Gasteiger partial charge in [-0.3, -0.25) is 4.98 Å². The van der Waals surface area contributed by atoms with Crippen molar-refractivity contribution < 1.29 is 0 Å². The van der Waals surface area contributed by atoms with Crippen LogP contribution in [0.15, 0.2) is 24.8 Å². The van der Waals surface area contributed by atoms with Crippen molar-refractivity contribution >= 4 is 0 Å². The zero-order chi connectivity index (χ0) is 9.26. The first-order valence-corrected chi connectivity index (χ1v) is 4.06. The minimum Gasteiger partial charge on any atom is -0.259 e. The Kier molecular flexibility index (Phi) is 1.81. The van der Waals surface area contributed by atoms with Crippen LogP contribution in [0.3, 0.4) is 0 Å². The van der Waals surface area contributed by atoms with E-state index in [2.05, 4.69) is 15.1 Å². The van der Waals surface area contributed by atoms with Crippen LogP contribution in [0.2, 0.25) is 0 Å². The summed E-state index contributed by atoms with van der Waals surface area (Å²) in [5.41, 5.74) is 2.01. The molecule has 0 unspecified atom stereocenters. The van der Waals surface area contributed by atoms with E-state index in [0.717, 1.165) is 17.1 Å². The van der Waals surface area contributed by atoms with Crippen molar-refractivity contribution in [2.75, 3.05) is 0 Å². The van der Waals surface area contributed by atoms with E-state index in [9.17, 15) is 0 Å². The molecule has 0 saturated heterocycles. The fraction of sp³-hybridized carbons (Fsp3) is 0.222. The molecule has 4 heteroatoms. The summed E-state index contributed by atoms with van der Waals surface area (Å²) in [5.74, 6) is 0.758. The van der Waals surface area contributed by atoms with Gasteiger partial charge < -0.3 is 0 Å². The zero-order valence-corrected chi connectivity index (χ0v) is 7.60. The van der Waals surface area contributed by atoms with Gasteiger partial charge in [0.15, 0.2) is 5.82 Å². The van der Waals surface area contributed by atoms with E-state index in [1.54, 1.807) is 23.3 Å². The quantitative estimate of drug-likeness (QED) is 0.654. The molecule has 0 spiro atoms. The molecule has 0 atom stereocenters. The van der Waals surface area contributed by atoms with Crippen molar-refractivity contribution in [2.45, 2.75) is 13.8 Å². The first kappa shape index (κ1) is 7.91. The van der Waals surface area contributed by atoms with Crippen LogP contribution in [0, 0.1) is 13.8 Å². The molecular weight excluding hydrogens is 164 g/mol. The minimum atomic E-state index is 0.758. The highest BCUT2D eigenvalue weighted by Crippen LogP contribution is 2.03. The Hall–Kier alpha value is -1.71. The molecule has 0 aliphatic heterocycles. The predicted molar refractivity (Wildman–Crippen MR) is 48.6 cm³/mol. The normalized spacial score (nSPS) is 10.3. The van der Waals surface area contributed by atoms with Gasteiger partial charge in [0.2, 0.25) is 0 Å². The molecule has 0 saturated carbocycles. The highest BCUT2D eigenvalue weighted by molar-refractivity contribution is 5.19. The van der Waals surface area contributed by atoms with Gasteiger partial charge in [-0.2, -0.15) is 5.10 Å². The van der Waals surface area contributed by atoms with Crippen molar-refractivity contribution in [3.05, 3.63) is 36.0 Å². The van der Waals surface area contributed by atoms with Gasteiger partial charge in [0.25, 0.3) is 0 Å². The maximum Gasteiger partial charge on any atom is 0.172 e. The molecule has 0 aromatic carbocycles. The van der Waals surface area contributed by atoms with Crippen LogP contribution in [0.4, 0.5) is 0 Å². The number of hydrogen-bond acceptors (Lipinski definition) is 3. The van der Waals surface area contributed by atoms with Crippen LogP contribution in [-0.4, -0.2) is 19.7 Å². The third kappa shape index (κ3) is 1.56. The zero-order valence-electron chi connectivity index (χ0n) is 7.60. The number of rotatable bonds is 1. The number of aryl methyl sites for hydroxylation is 2. The van der Waals surface area contributed by atoms with Crippen LogP contribution < -0.4 is 0 Å². The van der Waals surface area contributed by atoms with Gasteiger partial charge in [0, 0.05) is 12.4 Å². The van der Waals surface area contributed by atoms with Crippen molar-refractivity contribution in [3.8, 4) is 5.82 Å². The average molecular weight is 174 g/mol. The van der Waals surface area contributed by atoms with Gasteiger partial charge in [-0.15, -0.1) is 0 Å². The Morgan fingerprint density at radius 2 is 2.00 bits per heavy atom. The van der Waals surface area contributed by atoms with Gasteiger partial charge in [0.1, 0.15) is 0 Å². The fourth-order valence-corrected chi connectivity index (χ4v) is 1.10. The molecule has 2 heterocycles. The second kappa shape index (κ2) is 2.97. The SMILES string of the molecule is Cc1cnn(-c2cncc(C)n2)c1. The largest absolute Gasteiger partial charge is 0.259 e. The summed E-state index contributed by atoms with van der Waals surface area (Å²) < 4.78 is 1.72. The van der Waals surface area contributed by atoms with Crippen LogP contribution in [0.25, 0.3) is 5.82 Å². The van der Waals surface area contributed by atoms with Crippen molar-refractivity contribution in [1.82, 2.24) is 19.7 Å². The molecule has 66 valence electrons. The Bertz CT molecular complexity index is 419. The van der Waals surface area contributed by atoms with E-state index in [1.807, 2.05) is 20.0 Å². The van der Waals surface area contributed by atoms with Crippen LogP contribution in [-0.2, 0) is 0 Å². The molecule has 2 aromatic rings. The van der Waals surface area contributed by atoms with Crippen molar-refractivity contribution in [3.63, 3.8) is 0 Å². The summed E-state index contributed by atoms with van der Waals surface area (Å²) in [4.78, 5) is 8.34. The van der Waals surface area contributed by atoms with E-state index >= 15 is 0 Å². The Morgan fingerprint density at radius 3 is 2.62 bits per heavy atom. The molecular formula is C9H10N4. The van der Waals surface area contributed by atoms with E-state index in [1.165, 1.54) is 0 Å². The van der Waals surface area contributed by atoms with Gasteiger partial charge in [-0.25, -0.2) is 9.67 Å². The van der Waals surface area contributed by atoms with Crippen LogP contribution >= 0.6 is 0 Å². The molecule has 13 heavy (non-hydrogen) atoms. The van der Waals surface area contributed by atoms with Crippen molar-refractivity contribution in [2.24, 2.45) is 0 Å². The maximum atomic E-state index is 4.29. The summed E-state index contributed by atoms with van der Waals surface area (Å²) in [6.07, 6.45) is 7.13. The summed E-state index contributed by atoms with van der Waals surface area (Å²) >= 11 is 0. The molecule has 0 bridgehead atoms. The lowest BCUT2D eigenvalue weighted by Crippen LogP contribution is -1.99. The van der Waals surface area contributed by atoms with E-state index in [0.29, 0.717) is 0 Å². The molecule has 0 amide bonds. The number of nitrogens with zero attached hydrogens (tertiary/aromatic N) is 4. The van der Waals surface area contributed by atoms with E-state index < -0.39 is 0 Å².